The zero-order valence-corrected chi connectivity index (χ0v) is 19.5. The lowest BCUT2D eigenvalue weighted by Crippen LogP contribution is -2.33. The molecule has 1 aliphatic carbocycles. The maximum absolute atomic E-state index is 13.9. The van der Waals surface area contributed by atoms with Gasteiger partial charge < -0.3 is 14.2 Å². The number of carbonyl (C=O) groups is 1. The molecule has 1 fully saturated rings. The van der Waals surface area contributed by atoms with E-state index in [0.717, 1.165) is 37.1 Å². The summed E-state index contributed by atoms with van der Waals surface area (Å²) in [5.41, 5.74) is 1.48. The summed E-state index contributed by atoms with van der Waals surface area (Å²) < 4.78 is 57.6. The fourth-order valence-electron chi connectivity index (χ4n) is 4.73. The summed E-state index contributed by atoms with van der Waals surface area (Å²) in [7, 11) is 1.29. The van der Waals surface area contributed by atoms with Crippen LogP contribution in [0.3, 0.4) is 0 Å². The minimum Gasteiger partial charge on any atom is -0.486 e. The molecule has 1 aliphatic heterocycles. The van der Waals surface area contributed by atoms with Crippen molar-refractivity contribution in [2.45, 2.75) is 51.4 Å². The Morgan fingerprint density at radius 2 is 1.71 bits per heavy atom. The van der Waals surface area contributed by atoms with Gasteiger partial charge in [0, 0.05) is 6.54 Å². The lowest BCUT2D eigenvalue weighted by molar-refractivity contribution is -0.143. The predicted molar refractivity (Wildman–Crippen MR) is 121 cm³/mol. The molecule has 0 unspecified atom stereocenters. The van der Waals surface area contributed by atoms with E-state index < -0.39 is 17.7 Å². The van der Waals surface area contributed by atoms with Crippen LogP contribution in [-0.4, -0.2) is 37.7 Å². The molecule has 2 aliphatic rings. The Hall–Kier alpha value is -2.74. The maximum atomic E-state index is 13.9. The van der Waals surface area contributed by atoms with Gasteiger partial charge in [-0.15, -0.1) is 0 Å². The highest BCUT2D eigenvalue weighted by atomic mass is 19.4. The van der Waals surface area contributed by atoms with Gasteiger partial charge in [-0.2, -0.15) is 13.2 Å². The van der Waals surface area contributed by atoms with E-state index in [1.54, 1.807) is 30.3 Å². The Labute approximate surface area is 197 Å². The highest BCUT2D eigenvalue weighted by molar-refractivity contribution is 5.70. The van der Waals surface area contributed by atoms with Gasteiger partial charge in [-0.1, -0.05) is 13.0 Å². The monoisotopic (exact) mass is 477 g/mol. The summed E-state index contributed by atoms with van der Waals surface area (Å²) in [4.78, 5) is 13.4. The summed E-state index contributed by atoms with van der Waals surface area (Å²) >= 11 is 0. The number of likely N-dealkylation sites (tertiary alicyclic amines) is 1. The number of nitrogens with zero attached hydrogens (tertiary/aromatic N) is 1. The van der Waals surface area contributed by atoms with Gasteiger partial charge in [0.1, 0.15) is 17.6 Å². The number of halogens is 3. The first-order chi connectivity index (χ1) is 16.2. The third-order valence-corrected chi connectivity index (χ3v) is 6.72. The van der Waals surface area contributed by atoms with E-state index in [2.05, 4.69) is 16.6 Å². The van der Waals surface area contributed by atoms with Crippen LogP contribution in [0.5, 0.6) is 11.5 Å². The standard InChI is InChI=1S/C26H30F3NO4/c1-17-11-13-30(14-12-17)15-22-20-8-10-24(21(20)7-9-23(22)26(27,28)29)34-19-5-3-18(4-6-19)33-16-25(31)32-2/h3-7,9,17,24H,8,10-16H2,1-2H3/t24-/m1/s1. The first-order valence-corrected chi connectivity index (χ1v) is 11.6. The number of ether oxygens (including phenoxy) is 3. The third-order valence-electron chi connectivity index (χ3n) is 6.72. The molecule has 0 spiro atoms. The van der Waals surface area contributed by atoms with Gasteiger partial charge in [0.15, 0.2) is 6.61 Å². The van der Waals surface area contributed by atoms with Gasteiger partial charge >= 0.3 is 12.1 Å². The van der Waals surface area contributed by atoms with Crippen LogP contribution in [0.25, 0.3) is 0 Å². The number of fused-ring (bicyclic) bond motifs is 1. The van der Waals surface area contributed by atoms with Gasteiger partial charge in [0.05, 0.1) is 12.7 Å². The van der Waals surface area contributed by atoms with Crippen molar-refractivity contribution >= 4 is 5.97 Å². The molecule has 8 heteroatoms. The van der Waals surface area contributed by atoms with Crippen LogP contribution in [-0.2, 0) is 28.7 Å². The van der Waals surface area contributed by atoms with Crippen LogP contribution >= 0.6 is 0 Å². The van der Waals surface area contributed by atoms with Crippen molar-refractivity contribution in [1.82, 2.24) is 4.90 Å². The SMILES string of the molecule is COC(=O)COc1ccc(O[C@@H]2CCc3c2ccc(C(F)(F)F)c3CN2CCC(C)CC2)cc1. The quantitative estimate of drug-likeness (QED) is 0.489. The van der Waals surface area contributed by atoms with Crippen LogP contribution < -0.4 is 9.47 Å². The van der Waals surface area contributed by atoms with Crippen molar-refractivity contribution in [3.8, 4) is 11.5 Å². The molecule has 1 atom stereocenters. The molecule has 2 aromatic carbocycles. The summed E-state index contributed by atoms with van der Waals surface area (Å²) in [6, 6.07) is 9.61. The van der Waals surface area contributed by atoms with E-state index in [-0.39, 0.29) is 12.7 Å². The molecule has 0 amide bonds. The first kappa shape index (κ1) is 24.4. The number of hydrogen-bond acceptors (Lipinski definition) is 5. The molecule has 4 rings (SSSR count). The van der Waals surface area contributed by atoms with Crippen molar-refractivity contribution in [3.05, 3.63) is 58.7 Å². The number of benzene rings is 2. The minimum atomic E-state index is -4.38. The molecule has 34 heavy (non-hydrogen) atoms. The van der Waals surface area contributed by atoms with Gasteiger partial charge in [-0.25, -0.2) is 4.79 Å². The summed E-state index contributed by atoms with van der Waals surface area (Å²) in [6.45, 7) is 3.98. The topological polar surface area (TPSA) is 48.0 Å². The summed E-state index contributed by atoms with van der Waals surface area (Å²) in [6.07, 6.45) is -1.47. The van der Waals surface area contributed by atoms with Gasteiger partial charge in [0.25, 0.3) is 0 Å². The normalized spacial score (nSPS) is 19.0. The summed E-state index contributed by atoms with van der Waals surface area (Å²) in [5.74, 6) is 1.23. The van der Waals surface area contributed by atoms with Gasteiger partial charge in [0.2, 0.25) is 0 Å². The fraction of sp³-hybridized carbons (Fsp3) is 0.500. The molecule has 184 valence electrons. The van der Waals surface area contributed by atoms with E-state index in [1.807, 2.05) is 0 Å². The van der Waals surface area contributed by atoms with E-state index in [4.69, 9.17) is 9.47 Å². The highest BCUT2D eigenvalue weighted by Gasteiger charge is 2.38. The number of rotatable bonds is 7. The van der Waals surface area contributed by atoms with Crippen LogP contribution in [0, 0.1) is 5.92 Å². The zero-order valence-electron chi connectivity index (χ0n) is 19.5. The zero-order chi connectivity index (χ0) is 24.3. The van der Waals surface area contributed by atoms with Gasteiger partial charge in [-0.3, -0.25) is 4.90 Å². The molecule has 0 radical (unpaired) electrons. The van der Waals surface area contributed by atoms with E-state index in [1.165, 1.54) is 13.2 Å². The van der Waals surface area contributed by atoms with Crippen molar-refractivity contribution in [2.75, 3.05) is 26.8 Å². The van der Waals surface area contributed by atoms with Crippen molar-refractivity contribution in [2.24, 2.45) is 5.92 Å². The molecular weight excluding hydrogens is 447 g/mol. The van der Waals surface area contributed by atoms with Crippen molar-refractivity contribution in [1.29, 1.82) is 0 Å². The predicted octanol–water partition coefficient (Wildman–Crippen LogP) is 5.56. The molecule has 0 aromatic heterocycles. The largest absolute Gasteiger partial charge is 0.486 e. The molecule has 5 nitrogen and oxygen atoms in total. The van der Waals surface area contributed by atoms with Crippen LogP contribution in [0.15, 0.2) is 36.4 Å². The average molecular weight is 478 g/mol. The van der Waals surface area contributed by atoms with Crippen LogP contribution in [0.4, 0.5) is 13.2 Å². The van der Waals surface area contributed by atoms with Crippen LogP contribution in [0.1, 0.15) is 54.5 Å². The Morgan fingerprint density at radius 1 is 1.03 bits per heavy atom. The Morgan fingerprint density at radius 3 is 2.35 bits per heavy atom. The Bertz CT molecular complexity index is 998. The number of piperidine rings is 1. The van der Waals surface area contributed by atoms with Crippen molar-refractivity contribution in [3.63, 3.8) is 0 Å². The smallest absolute Gasteiger partial charge is 0.416 e. The highest BCUT2D eigenvalue weighted by Crippen LogP contribution is 2.42. The second kappa shape index (κ2) is 10.3. The first-order valence-electron chi connectivity index (χ1n) is 11.6. The fourth-order valence-corrected chi connectivity index (χ4v) is 4.73. The van der Waals surface area contributed by atoms with Crippen LogP contribution in [0.2, 0.25) is 0 Å². The van der Waals surface area contributed by atoms with Gasteiger partial charge in [-0.05, 0) is 91.7 Å². The van der Waals surface area contributed by atoms with E-state index in [9.17, 15) is 18.0 Å². The second-order valence-electron chi connectivity index (χ2n) is 9.10. The lowest BCUT2D eigenvalue weighted by Gasteiger charge is -2.31. The molecule has 0 bridgehead atoms. The Kier molecular flexibility index (Phi) is 7.36. The Balaban J connectivity index is 1.51. The molecule has 1 heterocycles. The molecule has 0 saturated carbocycles. The molecular formula is C26H30F3NO4. The average Bonchev–Trinajstić information content (AvgIpc) is 3.22. The number of esters is 1. The number of hydrogen-bond donors (Lipinski definition) is 0. The number of alkyl halides is 3. The van der Waals surface area contributed by atoms with E-state index >= 15 is 0 Å². The third kappa shape index (κ3) is 5.66. The minimum absolute atomic E-state index is 0.188. The second-order valence-corrected chi connectivity index (χ2v) is 9.10. The maximum Gasteiger partial charge on any atom is 0.416 e. The molecule has 0 N–H and O–H groups in total. The lowest BCUT2D eigenvalue weighted by atomic mass is 9.94. The van der Waals surface area contributed by atoms with Crippen molar-refractivity contribution < 1.29 is 32.2 Å². The van der Waals surface area contributed by atoms with E-state index in [0.29, 0.717) is 42.4 Å². The number of methoxy groups -OCH3 is 1. The summed E-state index contributed by atoms with van der Waals surface area (Å²) in [5, 5.41) is 0. The number of carbonyl (C=O) groups excluding carboxylic acids is 1. The molecule has 2 aromatic rings. The molecule has 1 saturated heterocycles.